The molecule has 2 N–H and O–H groups in total. The van der Waals surface area contributed by atoms with Crippen molar-refractivity contribution in [2.75, 3.05) is 5.73 Å². The molecule has 0 aliphatic carbocycles. The molecular weight excluding hydrogens is 234 g/mol. The molecule has 0 spiro atoms. The number of hydrogen-bond acceptors (Lipinski definition) is 2. The van der Waals surface area contributed by atoms with Crippen molar-refractivity contribution in [3.63, 3.8) is 0 Å². The summed E-state index contributed by atoms with van der Waals surface area (Å²) in [4.78, 5) is 4.50. The Hall–Kier alpha value is -1.77. The predicted octanol–water partition coefficient (Wildman–Crippen LogP) is 3.30. The Labute approximate surface area is 115 Å². The van der Waals surface area contributed by atoms with Crippen LogP contribution in [-0.4, -0.2) is 9.55 Å². The Morgan fingerprint density at radius 1 is 1.26 bits per heavy atom. The van der Waals surface area contributed by atoms with E-state index in [1.54, 1.807) is 0 Å². The monoisotopic (exact) mass is 257 g/mol. The van der Waals surface area contributed by atoms with E-state index in [9.17, 15) is 0 Å². The van der Waals surface area contributed by atoms with E-state index in [0.29, 0.717) is 5.92 Å². The summed E-state index contributed by atoms with van der Waals surface area (Å²) in [5.74, 6) is 1.65. The highest BCUT2D eigenvalue weighted by atomic mass is 15.1. The summed E-state index contributed by atoms with van der Waals surface area (Å²) in [6.45, 7) is 4.36. The summed E-state index contributed by atoms with van der Waals surface area (Å²) in [6.07, 6.45) is 5.26. The molecular formula is C16H23N3. The standard InChI is InChI=1S/C16H23N3/c1-12(2)16-18-11-15(19(16)3)9-5-7-13-6-4-8-14(17)10-13/h4,6,8,10-12H,5,7,9,17H2,1-3H3. The van der Waals surface area contributed by atoms with Gasteiger partial charge in [0.1, 0.15) is 5.82 Å². The maximum absolute atomic E-state index is 5.79. The Kier molecular flexibility index (Phi) is 4.25. The molecule has 1 heterocycles. The van der Waals surface area contributed by atoms with Gasteiger partial charge in [-0.3, -0.25) is 0 Å². The molecule has 3 nitrogen and oxygen atoms in total. The fraction of sp³-hybridized carbons (Fsp3) is 0.438. The average molecular weight is 257 g/mol. The molecule has 0 aliphatic rings. The zero-order valence-corrected chi connectivity index (χ0v) is 12.1. The molecule has 0 saturated carbocycles. The summed E-state index contributed by atoms with van der Waals surface area (Å²) in [7, 11) is 2.11. The van der Waals surface area contributed by atoms with E-state index in [1.807, 2.05) is 18.3 Å². The molecule has 1 aromatic carbocycles. The lowest BCUT2D eigenvalue weighted by atomic mass is 10.1. The van der Waals surface area contributed by atoms with Gasteiger partial charge in [0.15, 0.2) is 0 Å². The number of benzene rings is 1. The third-order valence-corrected chi connectivity index (χ3v) is 3.49. The van der Waals surface area contributed by atoms with Crippen LogP contribution in [0.5, 0.6) is 0 Å². The topological polar surface area (TPSA) is 43.8 Å². The van der Waals surface area contributed by atoms with Crippen LogP contribution in [0, 0.1) is 0 Å². The molecule has 3 heteroatoms. The van der Waals surface area contributed by atoms with E-state index in [0.717, 1.165) is 24.9 Å². The molecule has 0 amide bonds. The molecule has 2 rings (SSSR count). The van der Waals surface area contributed by atoms with Gasteiger partial charge < -0.3 is 10.3 Å². The van der Waals surface area contributed by atoms with Gasteiger partial charge in [-0.05, 0) is 37.0 Å². The second kappa shape index (κ2) is 5.91. The van der Waals surface area contributed by atoms with E-state index in [2.05, 4.69) is 42.6 Å². The summed E-state index contributed by atoms with van der Waals surface area (Å²) in [5, 5.41) is 0. The van der Waals surface area contributed by atoms with Gasteiger partial charge in [-0.1, -0.05) is 26.0 Å². The molecule has 102 valence electrons. The van der Waals surface area contributed by atoms with Gasteiger partial charge in [-0.15, -0.1) is 0 Å². The molecule has 19 heavy (non-hydrogen) atoms. The van der Waals surface area contributed by atoms with Gasteiger partial charge >= 0.3 is 0 Å². The lowest BCUT2D eigenvalue weighted by Gasteiger charge is -2.08. The van der Waals surface area contributed by atoms with Crippen LogP contribution in [0.2, 0.25) is 0 Å². The quantitative estimate of drug-likeness (QED) is 0.835. The van der Waals surface area contributed by atoms with E-state index in [1.165, 1.54) is 17.1 Å². The Morgan fingerprint density at radius 2 is 2.05 bits per heavy atom. The Bertz CT molecular complexity index is 541. The van der Waals surface area contributed by atoms with E-state index >= 15 is 0 Å². The third-order valence-electron chi connectivity index (χ3n) is 3.49. The summed E-state index contributed by atoms with van der Waals surface area (Å²) < 4.78 is 2.23. The second-order valence-corrected chi connectivity index (χ2v) is 5.42. The van der Waals surface area contributed by atoms with Gasteiger partial charge in [0, 0.05) is 30.5 Å². The number of aryl methyl sites for hydroxylation is 2. The van der Waals surface area contributed by atoms with Crippen molar-refractivity contribution in [1.82, 2.24) is 9.55 Å². The highest BCUT2D eigenvalue weighted by Gasteiger charge is 2.09. The molecule has 1 aromatic heterocycles. The number of nitrogens with two attached hydrogens (primary N) is 1. The Morgan fingerprint density at radius 3 is 2.68 bits per heavy atom. The van der Waals surface area contributed by atoms with Gasteiger partial charge in [0.2, 0.25) is 0 Å². The molecule has 0 fully saturated rings. The smallest absolute Gasteiger partial charge is 0.111 e. The van der Waals surface area contributed by atoms with Crippen LogP contribution >= 0.6 is 0 Å². The second-order valence-electron chi connectivity index (χ2n) is 5.42. The molecule has 0 bridgehead atoms. The minimum atomic E-state index is 0.479. The third kappa shape index (κ3) is 3.37. The van der Waals surface area contributed by atoms with Crippen molar-refractivity contribution >= 4 is 5.69 Å². The first-order valence-electron chi connectivity index (χ1n) is 6.93. The highest BCUT2D eigenvalue weighted by molar-refractivity contribution is 5.40. The highest BCUT2D eigenvalue weighted by Crippen LogP contribution is 2.16. The SMILES string of the molecule is CC(C)c1ncc(CCCc2cccc(N)c2)n1C. The number of hydrogen-bond donors (Lipinski definition) is 1. The number of nitrogens with zero attached hydrogens (tertiary/aromatic N) is 2. The number of imidazole rings is 1. The minimum Gasteiger partial charge on any atom is -0.399 e. The van der Waals surface area contributed by atoms with Gasteiger partial charge in [-0.2, -0.15) is 0 Å². The van der Waals surface area contributed by atoms with Crippen LogP contribution in [0.25, 0.3) is 0 Å². The lowest BCUT2D eigenvalue weighted by molar-refractivity contribution is 0.674. The van der Waals surface area contributed by atoms with Crippen molar-refractivity contribution < 1.29 is 0 Å². The van der Waals surface area contributed by atoms with Gasteiger partial charge in [0.05, 0.1) is 0 Å². The number of rotatable bonds is 5. The molecule has 0 unspecified atom stereocenters. The Balaban J connectivity index is 1.93. The first kappa shape index (κ1) is 13.7. The zero-order valence-electron chi connectivity index (χ0n) is 12.1. The molecule has 2 aromatic rings. The zero-order chi connectivity index (χ0) is 13.8. The maximum Gasteiger partial charge on any atom is 0.111 e. The largest absolute Gasteiger partial charge is 0.399 e. The normalized spacial score (nSPS) is 11.2. The summed E-state index contributed by atoms with van der Waals surface area (Å²) >= 11 is 0. The van der Waals surface area contributed by atoms with Crippen LogP contribution in [0.1, 0.15) is 43.3 Å². The van der Waals surface area contributed by atoms with Crippen molar-refractivity contribution in [2.24, 2.45) is 7.05 Å². The molecule has 0 atom stereocenters. The van der Waals surface area contributed by atoms with Crippen molar-refractivity contribution in [3.05, 3.63) is 47.5 Å². The fourth-order valence-electron chi connectivity index (χ4n) is 2.45. The van der Waals surface area contributed by atoms with E-state index in [4.69, 9.17) is 5.73 Å². The predicted molar refractivity (Wildman–Crippen MR) is 80.2 cm³/mol. The lowest BCUT2D eigenvalue weighted by Crippen LogP contribution is -2.04. The number of aromatic nitrogens is 2. The maximum atomic E-state index is 5.79. The summed E-state index contributed by atoms with van der Waals surface area (Å²) in [6, 6.07) is 8.15. The van der Waals surface area contributed by atoms with E-state index < -0.39 is 0 Å². The first-order chi connectivity index (χ1) is 9.08. The minimum absolute atomic E-state index is 0.479. The van der Waals surface area contributed by atoms with Crippen LogP contribution < -0.4 is 5.73 Å². The van der Waals surface area contributed by atoms with Gasteiger partial charge in [0.25, 0.3) is 0 Å². The van der Waals surface area contributed by atoms with Crippen LogP contribution in [0.3, 0.4) is 0 Å². The molecule has 0 aliphatic heterocycles. The van der Waals surface area contributed by atoms with E-state index in [-0.39, 0.29) is 0 Å². The fourth-order valence-corrected chi connectivity index (χ4v) is 2.45. The van der Waals surface area contributed by atoms with Crippen LogP contribution in [0.15, 0.2) is 30.5 Å². The molecule has 0 saturated heterocycles. The molecule has 0 radical (unpaired) electrons. The van der Waals surface area contributed by atoms with Crippen LogP contribution in [-0.2, 0) is 19.9 Å². The van der Waals surface area contributed by atoms with Gasteiger partial charge in [-0.25, -0.2) is 4.98 Å². The van der Waals surface area contributed by atoms with Crippen LogP contribution in [0.4, 0.5) is 5.69 Å². The average Bonchev–Trinajstić information content (AvgIpc) is 2.71. The van der Waals surface area contributed by atoms with Crippen molar-refractivity contribution in [1.29, 1.82) is 0 Å². The van der Waals surface area contributed by atoms with Crippen molar-refractivity contribution in [2.45, 2.75) is 39.0 Å². The van der Waals surface area contributed by atoms with Crippen molar-refractivity contribution in [3.8, 4) is 0 Å². The number of nitrogen functional groups attached to an aromatic ring is 1. The number of anilines is 1. The summed E-state index contributed by atoms with van der Waals surface area (Å²) in [5.41, 5.74) is 9.26. The first-order valence-corrected chi connectivity index (χ1v) is 6.93.